The van der Waals surface area contributed by atoms with Crippen molar-refractivity contribution in [2.75, 3.05) is 0 Å². The number of hydrogen-bond acceptors (Lipinski definition) is 2. The molecule has 0 aromatic heterocycles. The van der Waals surface area contributed by atoms with Crippen LogP contribution in [-0.2, 0) is 0 Å². The number of carbonyl (C=O) groups excluding carboxylic acids is 1. The lowest BCUT2D eigenvalue weighted by Gasteiger charge is -2.05. The van der Waals surface area contributed by atoms with Crippen molar-refractivity contribution >= 4 is 27.5 Å². The van der Waals surface area contributed by atoms with Crippen LogP contribution in [0.4, 0.5) is 0 Å². The highest BCUT2D eigenvalue weighted by atomic mass is 79.9. The maximum Gasteiger partial charge on any atom is 0.272 e. The molecule has 4 heteroatoms. The Balaban J connectivity index is 2.65. The van der Waals surface area contributed by atoms with Gasteiger partial charge in [0.05, 0.1) is 5.56 Å². The molecular formula is C13H17BrN2O. The normalized spacial score (nSPS) is 11.7. The molecule has 0 unspecified atom stereocenters. The maximum atomic E-state index is 11.8. The first-order chi connectivity index (χ1) is 8.00. The van der Waals surface area contributed by atoms with Gasteiger partial charge in [0, 0.05) is 10.2 Å². The molecule has 1 N–H and O–H groups in total. The number of halogens is 1. The fraction of sp³-hybridized carbons (Fsp3) is 0.385. The van der Waals surface area contributed by atoms with Crippen molar-refractivity contribution in [2.24, 2.45) is 11.0 Å². The Labute approximate surface area is 110 Å². The van der Waals surface area contributed by atoms with Gasteiger partial charge in [-0.05, 0) is 47.3 Å². The van der Waals surface area contributed by atoms with E-state index < -0.39 is 0 Å². The van der Waals surface area contributed by atoms with E-state index >= 15 is 0 Å². The highest BCUT2D eigenvalue weighted by Crippen LogP contribution is 2.15. The molecule has 0 fully saturated rings. The molecule has 1 rings (SSSR count). The molecule has 0 atom stereocenters. The lowest BCUT2D eigenvalue weighted by molar-refractivity contribution is 0.0954. The summed E-state index contributed by atoms with van der Waals surface area (Å²) in [5.41, 5.74) is 4.09. The fourth-order valence-corrected chi connectivity index (χ4v) is 1.95. The Bertz CT molecular complexity index is 427. The predicted molar refractivity (Wildman–Crippen MR) is 74.2 cm³/mol. The zero-order valence-corrected chi connectivity index (χ0v) is 11.9. The van der Waals surface area contributed by atoms with Gasteiger partial charge >= 0.3 is 0 Å². The molecule has 0 saturated heterocycles. The van der Waals surface area contributed by atoms with E-state index in [1.165, 1.54) is 0 Å². The van der Waals surface area contributed by atoms with Gasteiger partial charge < -0.3 is 0 Å². The van der Waals surface area contributed by atoms with Crippen LogP contribution in [0.15, 0.2) is 33.8 Å². The molecule has 0 aliphatic rings. The molecule has 17 heavy (non-hydrogen) atoms. The van der Waals surface area contributed by atoms with Gasteiger partial charge in [-0.25, -0.2) is 5.43 Å². The van der Waals surface area contributed by atoms with E-state index in [9.17, 15) is 4.79 Å². The SMILES string of the molecule is C/C(CC(C)C)=N\NC(=O)c1ccccc1Br. The monoisotopic (exact) mass is 296 g/mol. The first kappa shape index (κ1) is 13.9. The molecule has 0 aliphatic carbocycles. The van der Waals surface area contributed by atoms with Crippen molar-refractivity contribution in [1.82, 2.24) is 5.43 Å². The summed E-state index contributed by atoms with van der Waals surface area (Å²) in [5, 5.41) is 4.08. The first-order valence-electron chi connectivity index (χ1n) is 5.58. The second-order valence-corrected chi connectivity index (χ2v) is 5.22. The Morgan fingerprint density at radius 3 is 2.65 bits per heavy atom. The van der Waals surface area contributed by atoms with E-state index in [0.717, 1.165) is 16.6 Å². The number of nitrogens with one attached hydrogen (secondary N) is 1. The summed E-state index contributed by atoms with van der Waals surface area (Å²) >= 11 is 3.33. The highest BCUT2D eigenvalue weighted by Gasteiger charge is 2.08. The summed E-state index contributed by atoms with van der Waals surface area (Å²) in [6, 6.07) is 7.28. The Kier molecular flexibility index (Phi) is 5.35. The van der Waals surface area contributed by atoms with E-state index in [1.54, 1.807) is 6.07 Å². The maximum absolute atomic E-state index is 11.8. The molecule has 0 bridgehead atoms. The number of hydrazone groups is 1. The van der Waals surface area contributed by atoms with Crippen molar-refractivity contribution in [3.8, 4) is 0 Å². The third kappa shape index (κ3) is 4.69. The summed E-state index contributed by atoms with van der Waals surface area (Å²) in [4.78, 5) is 11.8. The molecule has 1 aromatic rings. The summed E-state index contributed by atoms with van der Waals surface area (Å²) in [6.45, 7) is 6.16. The lowest BCUT2D eigenvalue weighted by Crippen LogP contribution is -2.19. The van der Waals surface area contributed by atoms with Crippen LogP contribution in [-0.4, -0.2) is 11.6 Å². The smallest absolute Gasteiger partial charge is 0.267 e. The molecule has 0 heterocycles. The minimum atomic E-state index is -0.194. The Morgan fingerprint density at radius 2 is 2.06 bits per heavy atom. The van der Waals surface area contributed by atoms with Crippen LogP contribution >= 0.6 is 15.9 Å². The van der Waals surface area contributed by atoms with E-state index in [4.69, 9.17) is 0 Å². The summed E-state index contributed by atoms with van der Waals surface area (Å²) < 4.78 is 0.772. The van der Waals surface area contributed by atoms with Crippen LogP contribution < -0.4 is 5.43 Å². The van der Waals surface area contributed by atoms with Crippen molar-refractivity contribution < 1.29 is 4.79 Å². The molecule has 0 saturated carbocycles. The second-order valence-electron chi connectivity index (χ2n) is 4.37. The minimum Gasteiger partial charge on any atom is -0.267 e. The highest BCUT2D eigenvalue weighted by molar-refractivity contribution is 9.10. The third-order valence-electron chi connectivity index (χ3n) is 2.17. The quantitative estimate of drug-likeness (QED) is 0.669. The third-order valence-corrected chi connectivity index (χ3v) is 2.86. The Hall–Kier alpha value is -1.16. The number of benzene rings is 1. The second kappa shape index (κ2) is 6.55. The van der Waals surface area contributed by atoms with Gasteiger partial charge in [0.15, 0.2) is 0 Å². The van der Waals surface area contributed by atoms with Crippen LogP contribution in [0.2, 0.25) is 0 Å². The zero-order chi connectivity index (χ0) is 12.8. The molecular weight excluding hydrogens is 280 g/mol. The molecule has 1 aromatic carbocycles. The minimum absolute atomic E-state index is 0.194. The van der Waals surface area contributed by atoms with E-state index in [-0.39, 0.29) is 5.91 Å². The molecule has 1 amide bonds. The number of rotatable bonds is 4. The summed E-state index contributed by atoms with van der Waals surface area (Å²) in [7, 11) is 0. The first-order valence-corrected chi connectivity index (χ1v) is 6.38. The van der Waals surface area contributed by atoms with Crippen LogP contribution in [0, 0.1) is 5.92 Å². The number of amides is 1. The van der Waals surface area contributed by atoms with Gasteiger partial charge in [0.25, 0.3) is 5.91 Å². The molecule has 92 valence electrons. The van der Waals surface area contributed by atoms with Crippen molar-refractivity contribution in [2.45, 2.75) is 27.2 Å². The van der Waals surface area contributed by atoms with Gasteiger partial charge in [-0.3, -0.25) is 4.79 Å². The van der Waals surface area contributed by atoms with Crippen LogP contribution in [0.5, 0.6) is 0 Å². The fourth-order valence-electron chi connectivity index (χ4n) is 1.49. The van der Waals surface area contributed by atoms with Gasteiger partial charge in [-0.2, -0.15) is 5.10 Å². The predicted octanol–water partition coefficient (Wildman–Crippen LogP) is 3.60. The molecule has 0 spiro atoms. The average Bonchev–Trinajstić information content (AvgIpc) is 2.25. The van der Waals surface area contributed by atoms with Crippen molar-refractivity contribution in [3.63, 3.8) is 0 Å². The standard InChI is InChI=1S/C13H17BrN2O/c1-9(2)8-10(3)15-16-13(17)11-6-4-5-7-12(11)14/h4-7,9H,8H2,1-3H3,(H,16,17)/b15-10+. The summed E-state index contributed by atoms with van der Waals surface area (Å²) in [6.07, 6.45) is 0.885. The Morgan fingerprint density at radius 1 is 1.41 bits per heavy atom. The van der Waals surface area contributed by atoms with Crippen LogP contribution in [0.1, 0.15) is 37.6 Å². The average molecular weight is 297 g/mol. The van der Waals surface area contributed by atoms with Crippen molar-refractivity contribution in [1.29, 1.82) is 0 Å². The number of carbonyl (C=O) groups is 1. The van der Waals surface area contributed by atoms with Crippen molar-refractivity contribution in [3.05, 3.63) is 34.3 Å². The van der Waals surface area contributed by atoms with Crippen LogP contribution in [0.3, 0.4) is 0 Å². The van der Waals surface area contributed by atoms with Gasteiger partial charge in [-0.1, -0.05) is 26.0 Å². The zero-order valence-electron chi connectivity index (χ0n) is 10.3. The van der Waals surface area contributed by atoms with E-state index in [2.05, 4.69) is 40.3 Å². The molecule has 0 aliphatic heterocycles. The number of hydrogen-bond donors (Lipinski definition) is 1. The van der Waals surface area contributed by atoms with Gasteiger partial charge in [-0.15, -0.1) is 0 Å². The number of nitrogens with zero attached hydrogens (tertiary/aromatic N) is 1. The molecule has 3 nitrogen and oxygen atoms in total. The van der Waals surface area contributed by atoms with Gasteiger partial charge in [0.1, 0.15) is 0 Å². The van der Waals surface area contributed by atoms with E-state index in [1.807, 2.05) is 25.1 Å². The summed E-state index contributed by atoms with van der Waals surface area (Å²) in [5.74, 6) is 0.347. The lowest BCUT2D eigenvalue weighted by atomic mass is 10.1. The molecule has 0 radical (unpaired) electrons. The van der Waals surface area contributed by atoms with Gasteiger partial charge in [0.2, 0.25) is 0 Å². The van der Waals surface area contributed by atoms with E-state index in [0.29, 0.717) is 11.5 Å². The largest absolute Gasteiger partial charge is 0.272 e. The van der Waals surface area contributed by atoms with Crippen LogP contribution in [0.25, 0.3) is 0 Å². The topological polar surface area (TPSA) is 41.5 Å².